The quantitative estimate of drug-likeness (QED) is 0.758. The fourth-order valence-electron chi connectivity index (χ4n) is 3.15. The van der Waals surface area contributed by atoms with Gasteiger partial charge in [-0.2, -0.15) is 0 Å². The van der Waals surface area contributed by atoms with Crippen LogP contribution < -0.4 is 10.6 Å². The lowest BCUT2D eigenvalue weighted by Gasteiger charge is -2.35. The number of fused-ring (bicyclic) bond motifs is 1. The molecule has 0 unspecified atom stereocenters. The molecule has 3 aromatic rings. The van der Waals surface area contributed by atoms with Gasteiger partial charge in [-0.1, -0.05) is 18.2 Å². The number of H-pyrrole nitrogens is 1. The zero-order chi connectivity index (χ0) is 16.5. The van der Waals surface area contributed by atoms with E-state index >= 15 is 0 Å². The van der Waals surface area contributed by atoms with Gasteiger partial charge in [-0.25, -0.2) is 4.98 Å². The molecule has 24 heavy (non-hydrogen) atoms. The van der Waals surface area contributed by atoms with Crippen LogP contribution in [-0.2, 0) is 0 Å². The van der Waals surface area contributed by atoms with Crippen LogP contribution in [0.5, 0.6) is 0 Å². The number of aromatic amines is 1. The second-order valence-electron chi connectivity index (χ2n) is 5.97. The van der Waals surface area contributed by atoms with Gasteiger partial charge in [0.25, 0.3) is 5.91 Å². The van der Waals surface area contributed by atoms with Gasteiger partial charge in [0.15, 0.2) is 5.82 Å². The Hall–Kier alpha value is -3.02. The minimum Gasteiger partial charge on any atom is -0.396 e. The molecule has 0 bridgehead atoms. The summed E-state index contributed by atoms with van der Waals surface area (Å²) in [5, 5.41) is 1.06. The maximum absolute atomic E-state index is 12.7. The van der Waals surface area contributed by atoms with E-state index in [1.54, 1.807) is 6.20 Å². The minimum absolute atomic E-state index is 0.0415. The van der Waals surface area contributed by atoms with Crippen molar-refractivity contribution in [2.75, 3.05) is 36.8 Å². The number of nitrogens with two attached hydrogens (primary N) is 1. The van der Waals surface area contributed by atoms with E-state index in [0.717, 1.165) is 29.8 Å². The van der Waals surface area contributed by atoms with Gasteiger partial charge in [0.05, 0.1) is 5.69 Å². The fraction of sp³-hybridized carbons (Fsp3) is 0.222. The Balaban J connectivity index is 1.47. The summed E-state index contributed by atoms with van der Waals surface area (Å²) in [6.07, 6.45) is 1.74. The molecule has 1 fully saturated rings. The van der Waals surface area contributed by atoms with Gasteiger partial charge >= 0.3 is 0 Å². The van der Waals surface area contributed by atoms with Gasteiger partial charge in [-0.15, -0.1) is 0 Å². The van der Waals surface area contributed by atoms with Crippen LogP contribution in [0.1, 0.15) is 10.5 Å². The first-order chi connectivity index (χ1) is 11.7. The third-order valence-electron chi connectivity index (χ3n) is 4.44. The smallest absolute Gasteiger partial charge is 0.270 e. The molecule has 0 atom stereocenters. The van der Waals surface area contributed by atoms with E-state index in [2.05, 4.69) is 14.9 Å². The van der Waals surface area contributed by atoms with Crippen LogP contribution in [0.3, 0.4) is 0 Å². The highest BCUT2D eigenvalue weighted by Crippen LogP contribution is 2.22. The molecule has 0 radical (unpaired) electrons. The van der Waals surface area contributed by atoms with E-state index in [4.69, 9.17) is 5.73 Å². The second kappa shape index (κ2) is 5.88. The Kier molecular flexibility index (Phi) is 3.57. The number of aromatic nitrogens is 2. The van der Waals surface area contributed by atoms with Crippen LogP contribution in [0, 0.1) is 0 Å². The Bertz CT molecular complexity index is 847. The van der Waals surface area contributed by atoms with Crippen molar-refractivity contribution in [3.63, 3.8) is 0 Å². The summed E-state index contributed by atoms with van der Waals surface area (Å²) >= 11 is 0. The summed E-state index contributed by atoms with van der Waals surface area (Å²) in [5.74, 6) is 0.843. The summed E-state index contributed by atoms with van der Waals surface area (Å²) in [6, 6.07) is 13.5. The van der Waals surface area contributed by atoms with Crippen LogP contribution >= 0.6 is 0 Å². The Morgan fingerprint density at radius 2 is 1.88 bits per heavy atom. The van der Waals surface area contributed by atoms with Crippen LogP contribution in [0.2, 0.25) is 0 Å². The van der Waals surface area contributed by atoms with Crippen molar-refractivity contribution >= 4 is 28.3 Å². The SMILES string of the molecule is Nc1cccnc1N1CCN(C(=O)c2cc3ccccc3[nH]2)CC1. The molecule has 4 rings (SSSR count). The van der Waals surface area contributed by atoms with Crippen molar-refractivity contribution in [2.24, 2.45) is 0 Å². The number of amides is 1. The van der Waals surface area contributed by atoms with Gasteiger partial charge in [0.2, 0.25) is 0 Å². The highest BCUT2D eigenvalue weighted by Gasteiger charge is 2.24. The molecule has 0 spiro atoms. The number of anilines is 2. The molecular weight excluding hydrogens is 302 g/mol. The van der Waals surface area contributed by atoms with Crippen LogP contribution in [0.25, 0.3) is 10.9 Å². The van der Waals surface area contributed by atoms with Crippen LogP contribution in [0.4, 0.5) is 11.5 Å². The highest BCUT2D eigenvalue weighted by molar-refractivity contribution is 5.98. The molecular formula is C18H19N5O. The van der Waals surface area contributed by atoms with Crippen LogP contribution in [-0.4, -0.2) is 47.0 Å². The van der Waals surface area contributed by atoms with E-state index in [9.17, 15) is 4.79 Å². The number of nitrogens with zero attached hydrogens (tertiary/aromatic N) is 3. The van der Waals surface area contributed by atoms with E-state index < -0.39 is 0 Å². The molecule has 6 heteroatoms. The second-order valence-corrected chi connectivity index (χ2v) is 5.97. The lowest BCUT2D eigenvalue weighted by molar-refractivity contribution is 0.0741. The van der Waals surface area contributed by atoms with Crippen molar-refractivity contribution in [3.8, 4) is 0 Å². The molecule has 6 nitrogen and oxygen atoms in total. The Morgan fingerprint density at radius 3 is 2.62 bits per heavy atom. The normalized spacial score (nSPS) is 15.0. The molecule has 3 N–H and O–H groups in total. The van der Waals surface area contributed by atoms with Gasteiger partial charge in [-0.05, 0) is 24.3 Å². The number of nitrogen functional groups attached to an aromatic ring is 1. The average molecular weight is 321 g/mol. The molecule has 0 aliphatic carbocycles. The number of nitrogens with one attached hydrogen (secondary N) is 1. The molecule has 1 aliphatic rings. The number of piperazine rings is 1. The third kappa shape index (κ3) is 2.56. The van der Waals surface area contributed by atoms with E-state index in [0.29, 0.717) is 24.5 Å². The van der Waals surface area contributed by atoms with Crippen molar-refractivity contribution < 1.29 is 4.79 Å². The summed E-state index contributed by atoms with van der Waals surface area (Å²) in [6.45, 7) is 2.77. The maximum Gasteiger partial charge on any atom is 0.270 e. The monoisotopic (exact) mass is 321 g/mol. The number of hydrogen-bond donors (Lipinski definition) is 2. The zero-order valence-corrected chi connectivity index (χ0v) is 13.3. The lowest BCUT2D eigenvalue weighted by Crippen LogP contribution is -2.49. The molecule has 122 valence electrons. The Morgan fingerprint density at radius 1 is 1.08 bits per heavy atom. The summed E-state index contributed by atoms with van der Waals surface area (Å²) in [7, 11) is 0. The van der Waals surface area contributed by atoms with Crippen molar-refractivity contribution in [3.05, 3.63) is 54.4 Å². The van der Waals surface area contributed by atoms with Crippen LogP contribution in [0.15, 0.2) is 48.7 Å². The van der Waals surface area contributed by atoms with Crippen molar-refractivity contribution in [2.45, 2.75) is 0 Å². The molecule has 1 aromatic carbocycles. The maximum atomic E-state index is 12.7. The first kappa shape index (κ1) is 14.6. The summed E-state index contributed by atoms with van der Waals surface area (Å²) in [4.78, 5) is 24.3. The number of benzene rings is 1. The van der Waals surface area contributed by atoms with Crippen molar-refractivity contribution in [1.29, 1.82) is 0 Å². The lowest BCUT2D eigenvalue weighted by atomic mass is 10.2. The largest absolute Gasteiger partial charge is 0.396 e. The number of pyridine rings is 1. The minimum atomic E-state index is 0.0415. The van der Waals surface area contributed by atoms with E-state index in [1.807, 2.05) is 47.4 Å². The molecule has 1 aliphatic heterocycles. The number of carbonyl (C=O) groups is 1. The zero-order valence-electron chi connectivity index (χ0n) is 13.3. The first-order valence-electron chi connectivity index (χ1n) is 8.05. The molecule has 1 saturated heterocycles. The number of para-hydroxylation sites is 1. The average Bonchev–Trinajstić information content (AvgIpc) is 3.06. The van der Waals surface area contributed by atoms with E-state index in [-0.39, 0.29) is 5.91 Å². The predicted octanol–water partition coefficient (Wildman–Crippen LogP) is 2.11. The predicted molar refractivity (Wildman–Crippen MR) is 95.1 cm³/mol. The first-order valence-corrected chi connectivity index (χ1v) is 8.05. The van der Waals surface area contributed by atoms with Gasteiger partial charge in [-0.3, -0.25) is 4.79 Å². The number of carbonyl (C=O) groups excluding carboxylic acids is 1. The molecule has 0 saturated carbocycles. The highest BCUT2D eigenvalue weighted by atomic mass is 16.2. The summed E-state index contributed by atoms with van der Waals surface area (Å²) < 4.78 is 0. The number of rotatable bonds is 2. The topological polar surface area (TPSA) is 78.2 Å². The molecule has 2 aromatic heterocycles. The number of hydrogen-bond acceptors (Lipinski definition) is 4. The summed E-state index contributed by atoms with van der Waals surface area (Å²) in [5.41, 5.74) is 8.29. The fourth-order valence-corrected chi connectivity index (χ4v) is 3.15. The Labute approximate surface area is 139 Å². The van der Waals surface area contributed by atoms with Gasteiger partial charge in [0, 0.05) is 43.3 Å². The standard InChI is InChI=1S/C18H19N5O/c19-14-5-3-7-20-17(14)22-8-10-23(11-9-22)18(24)16-12-13-4-1-2-6-15(13)21-16/h1-7,12,21H,8-11,19H2. The van der Waals surface area contributed by atoms with Crippen molar-refractivity contribution in [1.82, 2.24) is 14.9 Å². The van der Waals surface area contributed by atoms with Gasteiger partial charge in [0.1, 0.15) is 5.69 Å². The third-order valence-corrected chi connectivity index (χ3v) is 4.44. The molecule has 1 amide bonds. The van der Waals surface area contributed by atoms with E-state index in [1.165, 1.54) is 0 Å². The van der Waals surface area contributed by atoms with Gasteiger partial charge < -0.3 is 20.5 Å². The molecule has 3 heterocycles.